The molecule has 1 unspecified atom stereocenters. The standard InChI is InChI=1S/C19H29BN2O3/c1-7-16(10-11-23-6)22-17-9-8-15(12-14(17)13-21)20-24-18(2,3)19(4,5)25-20/h8-9,12,16,22H,7,10-11H2,1-6H3. The van der Waals surface area contributed by atoms with E-state index in [1.54, 1.807) is 7.11 Å². The Morgan fingerprint density at radius 1 is 1.24 bits per heavy atom. The van der Waals surface area contributed by atoms with Gasteiger partial charge in [-0.15, -0.1) is 0 Å². The maximum Gasteiger partial charge on any atom is 0.494 e. The topological polar surface area (TPSA) is 63.5 Å². The maximum absolute atomic E-state index is 9.56. The average molecular weight is 344 g/mol. The molecule has 1 N–H and O–H groups in total. The maximum atomic E-state index is 9.56. The molecule has 1 fully saturated rings. The number of hydrogen-bond donors (Lipinski definition) is 1. The van der Waals surface area contributed by atoms with Gasteiger partial charge in [0.15, 0.2) is 0 Å². The van der Waals surface area contributed by atoms with Crippen LogP contribution in [-0.2, 0) is 14.0 Å². The fraction of sp³-hybridized carbons (Fsp3) is 0.632. The van der Waals surface area contributed by atoms with Gasteiger partial charge in [-0.2, -0.15) is 5.26 Å². The number of benzene rings is 1. The molecule has 1 atom stereocenters. The lowest BCUT2D eigenvalue weighted by Gasteiger charge is -2.32. The van der Waals surface area contributed by atoms with Crippen molar-refractivity contribution in [2.45, 2.75) is 64.7 Å². The summed E-state index contributed by atoms with van der Waals surface area (Å²) in [4.78, 5) is 0. The average Bonchev–Trinajstić information content (AvgIpc) is 2.79. The second kappa shape index (κ2) is 7.78. The van der Waals surface area contributed by atoms with Crippen molar-refractivity contribution < 1.29 is 14.0 Å². The van der Waals surface area contributed by atoms with Crippen LogP contribution in [0.4, 0.5) is 5.69 Å². The summed E-state index contributed by atoms with van der Waals surface area (Å²) >= 11 is 0. The van der Waals surface area contributed by atoms with Gasteiger partial charge in [0, 0.05) is 19.8 Å². The van der Waals surface area contributed by atoms with Gasteiger partial charge in [0.2, 0.25) is 0 Å². The summed E-state index contributed by atoms with van der Waals surface area (Å²) in [5.41, 5.74) is 1.52. The van der Waals surface area contributed by atoms with Crippen molar-refractivity contribution in [2.75, 3.05) is 19.0 Å². The number of ether oxygens (including phenoxy) is 1. The van der Waals surface area contributed by atoms with E-state index in [0.717, 1.165) is 24.0 Å². The Balaban J connectivity index is 2.19. The van der Waals surface area contributed by atoms with Crippen LogP contribution >= 0.6 is 0 Å². The van der Waals surface area contributed by atoms with Gasteiger partial charge in [-0.1, -0.05) is 13.0 Å². The van der Waals surface area contributed by atoms with Crippen molar-refractivity contribution in [2.24, 2.45) is 0 Å². The predicted octanol–water partition coefficient (Wildman–Crippen LogP) is 3.08. The molecule has 0 aliphatic carbocycles. The van der Waals surface area contributed by atoms with Crippen molar-refractivity contribution in [3.8, 4) is 6.07 Å². The number of nitriles is 1. The number of anilines is 1. The molecule has 1 heterocycles. The first-order valence-corrected chi connectivity index (χ1v) is 8.89. The SMILES string of the molecule is CCC(CCOC)Nc1ccc(B2OC(C)(C)C(C)(C)O2)cc1C#N. The van der Waals surface area contributed by atoms with Gasteiger partial charge in [0.05, 0.1) is 22.5 Å². The Hall–Kier alpha value is -1.55. The highest BCUT2D eigenvalue weighted by atomic mass is 16.7. The summed E-state index contributed by atoms with van der Waals surface area (Å²) in [7, 11) is 1.24. The summed E-state index contributed by atoms with van der Waals surface area (Å²) < 4.78 is 17.3. The van der Waals surface area contributed by atoms with E-state index in [9.17, 15) is 5.26 Å². The number of rotatable bonds is 7. The fourth-order valence-electron chi connectivity index (χ4n) is 2.76. The highest BCUT2D eigenvalue weighted by Crippen LogP contribution is 2.36. The van der Waals surface area contributed by atoms with Crippen molar-refractivity contribution in [3.63, 3.8) is 0 Å². The second-order valence-corrected chi connectivity index (χ2v) is 7.54. The molecule has 5 nitrogen and oxygen atoms in total. The zero-order valence-corrected chi connectivity index (χ0v) is 16.2. The van der Waals surface area contributed by atoms with Gasteiger partial charge in [-0.25, -0.2) is 0 Å². The molecule has 25 heavy (non-hydrogen) atoms. The predicted molar refractivity (Wildman–Crippen MR) is 101 cm³/mol. The van der Waals surface area contributed by atoms with Gasteiger partial charge < -0.3 is 19.4 Å². The van der Waals surface area contributed by atoms with Crippen molar-refractivity contribution in [1.82, 2.24) is 0 Å². The molecule has 0 spiro atoms. The molecule has 2 rings (SSSR count). The van der Waals surface area contributed by atoms with Crippen LogP contribution in [0.5, 0.6) is 0 Å². The molecule has 0 amide bonds. The highest BCUT2D eigenvalue weighted by Gasteiger charge is 2.51. The van der Waals surface area contributed by atoms with E-state index in [0.29, 0.717) is 12.2 Å². The summed E-state index contributed by atoms with van der Waals surface area (Å²) in [6.07, 6.45) is 1.87. The van der Waals surface area contributed by atoms with E-state index in [1.165, 1.54) is 0 Å². The largest absolute Gasteiger partial charge is 0.494 e. The molecule has 1 aliphatic heterocycles. The zero-order chi connectivity index (χ0) is 18.7. The molecule has 0 aromatic heterocycles. The van der Waals surface area contributed by atoms with Gasteiger partial charge in [0.1, 0.15) is 6.07 Å². The van der Waals surface area contributed by atoms with Gasteiger partial charge in [0.25, 0.3) is 0 Å². The Bertz CT molecular complexity index is 624. The van der Waals surface area contributed by atoms with E-state index in [1.807, 2.05) is 45.9 Å². The van der Waals surface area contributed by atoms with Crippen LogP contribution in [0.25, 0.3) is 0 Å². The number of hydrogen-bond acceptors (Lipinski definition) is 5. The molecular weight excluding hydrogens is 315 g/mol. The Labute approximate surface area is 151 Å². The van der Waals surface area contributed by atoms with Crippen LogP contribution in [0.3, 0.4) is 0 Å². The van der Waals surface area contributed by atoms with E-state index >= 15 is 0 Å². The van der Waals surface area contributed by atoms with Gasteiger partial charge in [-0.05, 0) is 58.1 Å². The molecular formula is C19H29BN2O3. The molecule has 1 saturated heterocycles. The minimum absolute atomic E-state index is 0.273. The molecule has 0 radical (unpaired) electrons. The molecule has 1 aromatic rings. The molecule has 136 valence electrons. The first kappa shape index (κ1) is 19.8. The Morgan fingerprint density at radius 3 is 2.40 bits per heavy atom. The normalized spacial score (nSPS) is 19.5. The van der Waals surface area contributed by atoms with Crippen LogP contribution < -0.4 is 10.8 Å². The Kier molecular flexibility index (Phi) is 6.15. The van der Waals surface area contributed by atoms with Crippen LogP contribution in [-0.4, -0.2) is 38.1 Å². The Morgan fingerprint density at radius 2 is 1.88 bits per heavy atom. The first-order valence-electron chi connectivity index (χ1n) is 8.89. The molecule has 1 aromatic carbocycles. The minimum atomic E-state index is -0.457. The number of nitrogens with one attached hydrogen (secondary N) is 1. The van der Waals surface area contributed by atoms with Crippen LogP contribution in [0.1, 0.15) is 53.0 Å². The summed E-state index contributed by atoms with van der Waals surface area (Å²) in [5, 5.41) is 13.0. The van der Waals surface area contributed by atoms with E-state index in [-0.39, 0.29) is 6.04 Å². The first-order chi connectivity index (χ1) is 11.7. The lowest BCUT2D eigenvalue weighted by atomic mass is 9.78. The van der Waals surface area contributed by atoms with Crippen molar-refractivity contribution in [1.29, 1.82) is 5.26 Å². The highest BCUT2D eigenvalue weighted by molar-refractivity contribution is 6.62. The van der Waals surface area contributed by atoms with Crippen LogP contribution in [0.15, 0.2) is 18.2 Å². The van der Waals surface area contributed by atoms with E-state index in [4.69, 9.17) is 14.0 Å². The molecule has 1 aliphatic rings. The zero-order valence-electron chi connectivity index (χ0n) is 16.2. The monoisotopic (exact) mass is 344 g/mol. The second-order valence-electron chi connectivity index (χ2n) is 7.54. The van der Waals surface area contributed by atoms with E-state index < -0.39 is 18.3 Å². The van der Waals surface area contributed by atoms with Crippen LogP contribution in [0, 0.1) is 11.3 Å². The minimum Gasteiger partial charge on any atom is -0.399 e. The number of nitrogens with zero attached hydrogens (tertiary/aromatic N) is 1. The van der Waals surface area contributed by atoms with Gasteiger partial charge in [-0.3, -0.25) is 0 Å². The summed E-state index contributed by atoms with van der Waals surface area (Å²) in [6.45, 7) is 10.9. The fourth-order valence-corrected chi connectivity index (χ4v) is 2.76. The third-order valence-corrected chi connectivity index (χ3v) is 5.21. The summed E-state index contributed by atoms with van der Waals surface area (Å²) in [5.74, 6) is 0. The lowest BCUT2D eigenvalue weighted by molar-refractivity contribution is 0.00578. The smallest absolute Gasteiger partial charge is 0.399 e. The third-order valence-electron chi connectivity index (χ3n) is 5.21. The van der Waals surface area contributed by atoms with Crippen molar-refractivity contribution >= 4 is 18.3 Å². The molecule has 0 bridgehead atoms. The quantitative estimate of drug-likeness (QED) is 0.770. The van der Waals surface area contributed by atoms with Gasteiger partial charge >= 0.3 is 7.12 Å². The van der Waals surface area contributed by atoms with Crippen molar-refractivity contribution in [3.05, 3.63) is 23.8 Å². The lowest BCUT2D eigenvalue weighted by Crippen LogP contribution is -2.41. The number of methoxy groups -OCH3 is 1. The molecule has 6 heteroatoms. The van der Waals surface area contributed by atoms with E-state index in [2.05, 4.69) is 18.3 Å². The molecule has 0 saturated carbocycles. The summed E-state index contributed by atoms with van der Waals surface area (Å²) in [6, 6.07) is 8.31. The van der Waals surface area contributed by atoms with Crippen LogP contribution in [0.2, 0.25) is 0 Å². The third kappa shape index (κ3) is 4.35.